The monoisotopic (exact) mass is 919 g/mol. The first-order chi connectivity index (χ1) is 32.9. The molecule has 0 unspecified atom stereocenters. The van der Waals surface area contributed by atoms with Crippen molar-refractivity contribution in [1.82, 2.24) is 9.55 Å². The number of allylic oxidation sites excluding steroid dienone is 2. The lowest BCUT2D eigenvalue weighted by Gasteiger charge is -2.36. The van der Waals surface area contributed by atoms with Gasteiger partial charge in [0.15, 0.2) is 8.07 Å². The zero-order valence-electron chi connectivity index (χ0n) is 42.4. The van der Waals surface area contributed by atoms with Crippen LogP contribution in [0.15, 0.2) is 200 Å². The topological polar surface area (TPSA) is 24.3 Å². The molecule has 0 N–H and O–H groups in total. The van der Waals surface area contributed by atoms with Gasteiger partial charge in [0.25, 0.3) is 0 Å². The van der Waals surface area contributed by atoms with Crippen LogP contribution in [-0.2, 0) is 16.2 Å². The zero-order valence-corrected chi connectivity index (χ0v) is 43.4. The number of hydrogen-bond acceptors (Lipinski definition) is 3. The molecule has 0 fully saturated rings. The van der Waals surface area contributed by atoms with Crippen LogP contribution >= 0.6 is 0 Å². The van der Waals surface area contributed by atoms with Crippen molar-refractivity contribution in [1.29, 1.82) is 0 Å². The SMILES string of the molecule is CC1=C(C)N(c2cc(-c3ccccc3)cc([Si](c3ccccc3)(c3ccccc3)c3ccc4c5ccccc5n(-c5cc(C(C)(C)C)ccn5)c4c3)c2)CN1c1cc(C(C)(C)C)cc(C(C)(C)C)c1. The van der Waals surface area contributed by atoms with E-state index in [2.05, 4.69) is 273 Å². The molecule has 69 heavy (non-hydrogen) atoms. The van der Waals surface area contributed by atoms with Crippen molar-refractivity contribution in [3.05, 3.63) is 216 Å². The highest BCUT2D eigenvalue weighted by atomic mass is 28.3. The normalized spacial score (nSPS) is 13.8. The van der Waals surface area contributed by atoms with E-state index in [1.165, 1.54) is 82.1 Å². The van der Waals surface area contributed by atoms with E-state index in [9.17, 15) is 0 Å². The molecule has 2 aromatic heterocycles. The van der Waals surface area contributed by atoms with E-state index in [4.69, 9.17) is 4.98 Å². The summed E-state index contributed by atoms with van der Waals surface area (Å²) in [5.74, 6) is 0.935. The molecule has 3 heterocycles. The van der Waals surface area contributed by atoms with Gasteiger partial charge in [-0.1, -0.05) is 196 Å². The van der Waals surface area contributed by atoms with E-state index in [1.807, 2.05) is 6.20 Å². The van der Waals surface area contributed by atoms with Crippen molar-refractivity contribution in [3.8, 4) is 16.9 Å². The number of nitrogens with zero attached hydrogens (tertiary/aromatic N) is 4. The summed E-state index contributed by atoms with van der Waals surface area (Å²) in [5, 5.41) is 7.77. The van der Waals surface area contributed by atoms with Crippen LogP contribution in [0.4, 0.5) is 11.4 Å². The maximum absolute atomic E-state index is 5.10. The summed E-state index contributed by atoms with van der Waals surface area (Å²) in [6.45, 7) is 26.1. The fourth-order valence-corrected chi connectivity index (χ4v) is 15.4. The van der Waals surface area contributed by atoms with Gasteiger partial charge in [-0.25, -0.2) is 4.98 Å². The van der Waals surface area contributed by atoms with E-state index in [1.54, 1.807) is 0 Å². The first-order valence-electron chi connectivity index (χ1n) is 24.6. The molecular weight excluding hydrogens is 853 g/mol. The average Bonchev–Trinajstić information content (AvgIpc) is 3.84. The molecule has 4 nitrogen and oxygen atoms in total. The minimum Gasteiger partial charge on any atom is -0.325 e. The quantitative estimate of drug-likeness (QED) is 0.112. The van der Waals surface area contributed by atoms with Crippen LogP contribution in [-0.4, -0.2) is 24.3 Å². The van der Waals surface area contributed by atoms with Crippen molar-refractivity contribution in [2.24, 2.45) is 0 Å². The zero-order chi connectivity index (χ0) is 48.5. The lowest BCUT2D eigenvalue weighted by atomic mass is 9.80. The largest absolute Gasteiger partial charge is 0.325 e. The number of rotatable bonds is 8. The number of aromatic nitrogens is 2. The van der Waals surface area contributed by atoms with Crippen LogP contribution in [0.2, 0.25) is 0 Å². The summed E-state index contributed by atoms with van der Waals surface area (Å²) in [6, 6.07) is 69.1. The minimum atomic E-state index is -3.14. The van der Waals surface area contributed by atoms with E-state index in [0.717, 1.165) is 16.9 Å². The highest BCUT2D eigenvalue weighted by molar-refractivity contribution is 7.20. The number of benzene rings is 7. The van der Waals surface area contributed by atoms with Crippen molar-refractivity contribution in [2.75, 3.05) is 16.5 Å². The van der Waals surface area contributed by atoms with Gasteiger partial charge in [-0.05, 0) is 127 Å². The van der Waals surface area contributed by atoms with Crippen LogP contribution in [0.3, 0.4) is 0 Å². The van der Waals surface area contributed by atoms with Gasteiger partial charge >= 0.3 is 0 Å². The molecule has 0 saturated carbocycles. The van der Waals surface area contributed by atoms with Crippen LogP contribution in [0.25, 0.3) is 38.8 Å². The summed E-state index contributed by atoms with van der Waals surface area (Å²) < 4.78 is 2.40. The van der Waals surface area contributed by atoms with Crippen LogP contribution < -0.4 is 30.5 Å². The van der Waals surface area contributed by atoms with E-state index >= 15 is 0 Å². The van der Waals surface area contributed by atoms with E-state index in [-0.39, 0.29) is 16.2 Å². The molecule has 1 aliphatic rings. The summed E-state index contributed by atoms with van der Waals surface area (Å²) in [6.07, 6.45) is 1.98. The predicted octanol–water partition coefficient (Wildman–Crippen LogP) is 13.7. The molecule has 1 aliphatic heterocycles. The molecule has 346 valence electrons. The Hall–Kier alpha value is -6.95. The summed E-state index contributed by atoms with van der Waals surface area (Å²) in [4.78, 5) is 10.2. The third-order valence-corrected chi connectivity index (χ3v) is 19.4. The Morgan fingerprint density at radius 3 is 1.51 bits per heavy atom. The Labute approximate surface area is 411 Å². The second-order valence-corrected chi connectivity index (χ2v) is 26.1. The predicted molar refractivity (Wildman–Crippen MR) is 298 cm³/mol. The van der Waals surface area contributed by atoms with Gasteiger partial charge < -0.3 is 9.80 Å². The third kappa shape index (κ3) is 8.21. The molecule has 0 radical (unpaired) electrons. The molecule has 0 atom stereocenters. The van der Waals surface area contributed by atoms with Gasteiger partial charge in [-0.2, -0.15) is 0 Å². The Balaban J connectivity index is 1.25. The van der Waals surface area contributed by atoms with Crippen molar-refractivity contribution >= 4 is 62.0 Å². The van der Waals surface area contributed by atoms with Crippen molar-refractivity contribution in [2.45, 2.75) is 92.4 Å². The Bertz CT molecular complexity index is 3310. The van der Waals surface area contributed by atoms with E-state index in [0.29, 0.717) is 6.67 Å². The summed E-state index contributed by atoms with van der Waals surface area (Å²) in [5.41, 5.74) is 13.6. The van der Waals surface area contributed by atoms with Gasteiger partial charge in [0.1, 0.15) is 5.82 Å². The lowest BCUT2D eigenvalue weighted by molar-refractivity contribution is 0.568. The maximum atomic E-state index is 5.10. The van der Waals surface area contributed by atoms with Gasteiger partial charge in [0.2, 0.25) is 0 Å². The first-order valence-corrected chi connectivity index (χ1v) is 26.6. The maximum Gasteiger partial charge on any atom is 0.179 e. The number of pyridine rings is 1. The second-order valence-electron chi connectivity index (χ2n) is 22.3. The molecular formula is C64H66N4Si. The molecule has 7 aromatic carbocycles. The number of hydrogen-bond donors (Lipinski definition) is 0. The minimum absolute atomic E-state index is 0.00812. The second kappa shape index (κ2) is 17.2. The summed E-state index contributed by atoms with van der Waals surface area (Å²) >= 11 is 0. The standard InChI is InChI=1S/C64H66N4Si/c1-44-45(2)67(52-38-49(63(6,7)8)37-50(39-52)64(9,10)11)43-66(44)51-35-47(46-23-15-12-16-24-46)36-56(41-51)69(53-25-17-13-18-26-53,54-27-19-14-20-28-54)55-31-32-58-57-29-21-22-30-59(57)68(60(58)42-55)61-40-48(33-34-65-61)62(3,4)5/h12-42H,43H2,1-11H3. The molecule has 5 heteroatoms. The van der Waals surface area contributed by atoms with Crippen LogP contribution in [0.1, 0.15) is 92.9 Å². The molecule has 0 saturated heterocycles. The Morgan fingerprint density at radius 2 is 0.928 bits per heavy atom. The van der Waals surface area contributed by atoms with E-state index < -0.39 is 8.07 Å². The summed E-state index contributed by atoms with van der Waals surface area (Å²) in [7, 11) is -3.14. The van der Waals surface area contributed by atoms with Gasteiger partial charge in [0.05, 0.1) is 17.7 Å². The lowest BCUT2D eigenvalue weighted by Crippen LogP contribution is -2.74. The number of fused-ring (bicyclic) bond motifs is 3. The number of anilines is 2. The van der Waals surface area contributed by atoms with Gasteiger partial charge in [-0.15, -0.1) is 0 Å². The molecule has 0 bridgehead atoms. The average molecular weight is 919 g/mol. The molecule has 0 amide bonds. The highest BCUT2D eigenvalue weighted by Crippen LogP contribution is 2.40. The Kier molecular flexibility index (Phi) is 11.4. The van der Waals surface area contributed by atoms with Gasteiger partial charge in [0, 0.05) is 39.7 Å². The molecule has 10 rings (SSSR count). The fourth-order valence-electron chi connectivity index (χ4n) is 10.5. The van der Waals surface area contributed by atoms with Gasteiger partial charge in [-0.3, -0.25) is 4.57 Å². The number of para-hydroxylation sites is 1. The van der Waals surface area contributed by atoms with Crippen molar-refractivity contribution < 1.29 is 0 Å². The fraction of sp³-hybridized carbons (Fsp3) is 0.234. The van der Waals surface area contributed by atoms with Crippen LogP contribution in [0, 0.1) is 0 Å². The van der Waals surface area contributed by atoms with Crippen molar-refractivity contribution in [3.63, 3.8) is 0 Å². The molecule has 9 aromatic rings. The third-order valence-electron chi connectivity index (χ3n) is 14.7. The first kappa shape index (κ1) is 45.8. The van der Waals surface area contributed by atoms with Crippen LogP contribution in [0.5, 0.6) is 0 Å². The molecule has 0 spiro atoms. The molecule has 0 aliphatic carbocycles. The Morgan fingerprint density at radius 1 is 0.406 bits per heavy atom. The highest BCUT2D eigenvalue weighted by Gasteiger charge is 2.43. The smallest absolute Gasteiger partial charge is 0.179 e.